The Morgan fingerprint density at radius 2 is 1.87 bits per heavy atom. The molecule has 1 aliphatic heterocycles. The van der Waals surface area contributed by atoms with E-state index in [4.69, 9.17) is 28.9 Å². The number of carbonyl (C=O) groups is 2. The third-order valence-corrected chi connectivity index (χ3v) is 5.19. The fourth-order valence-corrected chi connectivity index (χ4v) is 3.94. The van der Waals surface area contributed by atoms with E-state index in [9.17, 15) is 14.7 Å². The topological polar surface area (TPSA) is 104 Å². The van der Waals surface area contributed by atoms with Crippen molar-refractivity contribution in [3.05, 3.63) is 63.1 Å². The van der Waals surface area contributed by atoms with Crippen LogP contribution in [-0.4, -0.2) is 23.0 Å². The van der Waals surface area contributed by atoms with Gasteiger partial charge in [-0.2, -0.15) is 0 Å². The van der Waals surface area contributed by atoms with Gasteiger partial charge in [-0.1, -0.05) is 53.4 Å². The molecule has 0 saturated heterocycles. The minimum atomic E-state index is -1.01. The SMILES string of the molecule is Cl.NC#CCc1ccc(CC(=O)N[C@H]2C[C@H](C(=O)O)Nc3cc(Cl)cc(Cl)c32)cc1. The lowest BCUT2D eigenvalue weighted by Gasteiger charge is -2.32. The van der Waals surface area contributed by atoms with E-state index in [0.717, 1.165) is 11.1 Å². The fourth-order valence-electron chi connectivity index (χ4n) is 3.31. The first-order valence-electron chi connectivity index (χ1n) is 8.91. The maximum absolute atomic E-state index is 12.6. The molecule has 2 aromatic rings. The summed E-state index contributed by atoms with van der Waals surface area (Å²) in [5.41, 5.74) is 8.16. The van der Waals surface area contributed by atoms with Gasteiger partial charge in [0.1, 0.15) is 6.04 Å². The van der Waals surface area contributed by atoms with Crippen LogP contribution in [0.25, 0.3) is 0 Å². The van der Waals surface area contributed by atoms with E-state index in [-0.39, 0.29) is 31.2 Å². The number of nitrogens with one attached hydrogen (secondary N) is 2. The molecule has 0 unspecified atom stereocenters. The smallest absolute Gasteiger partial charge is 0.326 e. The molecule has 0 spiro atoms. The van der Waals surface area contributed by atoms with Crippen molar-refractivity contribution in [3.63, 3.8) is 0 Å². The zero-order valence-corrected chi connectivity index (χ0v) is 18.1. The van der Waals surface area contributed by atoms with E-state index in [0.29, 0.717) is 27.7 Å². The zero-order chi connectivity index (χ0) is 21.0. The van der Waals surface area contributed by atoms with Crippen LogP contribution in [0.1, 0.15) is 29.2 Å². The number of fused-ring (bicyclic) bond motifs is 1. The predicted molar refractivity (Wildman–Crippen MR) is 120 cm³/mol. The van der Waals surface area contributed by atoms with Crippen LogP contribution in [0.5, 0.6) is 0 Å². The maximum atomic E-state index is 12.6. The number of amides is 1. The summed E-state index contributed by atoms with van der Waals surface area (Å²) in [6.07, 6.45) is 0.879. The lowest BCUT2D eigenvalue weighted by atomic mass is 9.92. The molecule has 158 valence electrons. The Morgan fingerprint density at radius 3 is 2.50 bits per heavy atom. The molecule has 1 aliphatic rings. The number of carboxylic acids is 1. The van der Waals surface area contributed by atoms with Gasteiger partial charge in [-0.15, -0.1) is 12.4 Å². The molecule has 0 aromatic heterocycles. The van der Waals surface area contributed by atoms with Gasteiger partial charge < -0.3 is 21.5 Å². The third kappa shape index (κ3) is 5.73. The lowest BCUT2D eigenvalue weighted by molar-refractivity contribution is -0.138. The van der Waals surface area contributed by atoms with Gasteiger partial charge in [0.25, 0.3) is 0 Å². The molecular formula is C21H20Cl3N3O3. The predicted octanol–water partition coefficient (Wildman–Crippen LogP) is 3.55. The summed E-state index contributed by atoms with van der Waals surface area (Å²) in [5.74, 6) is 1.54. The summed E-state index contributed by atoms with van der Waals surface area (Å²) in [4.78, 5) is 24.1. The molecule has 0 radical (unpaired) electrons. The van der Waals surface area contributed by atoms with Crippen molar-refractivity contribution < 1.29 is 14.7 Å². The van der Waals surface area contributed by atoms with E-state index in [1.165, 1.54) is 0 Å². The molecular weight excluding hydrogens is 449 g/mol. The lowest BCUT2D eigenvalue weighted by Crippen LogP contribution is -2.41. The minimum Gasteiger partial charge on any atom is -0.480 e. The van der Waals surface area contributed by atoms with Crippen molar-refractivity contribution in [3.8, 4) is 12.0 Å². The van der Waals surface area contributed by atoms with Crippen molar-refractivity contribution in [2.75, 3.05) is 5.32 Å². The second kappa shape index (κ2) is 10.4. The fraction of sp³-hybridized carbons (Fsp3) is 0.238. The van der Waals surface area contributed by atoms with Crippen molar-refractivity contribution in [1.82, 2.24) is 5.32 Å². The molecule has 0 fully saturated rings. The van der Waals surface area contributed by atoms with Crippen molar-refractivity contribution >= 4 is 53.2 Å². The number of nitrogens with two attached hydrogens (primary N) is 1. The summed E-state index contributed by atoms with van der Waals surface area (Å²) in [7, 11) is 0. The Morgan fingerprint density at radius 1 is 1.20 bits per heavy atom. The summed E-state index contributed by atoms with van der Waals surface area (Å²) in [6, 6.07) is 11.7. The van der Waals surface area contributed by atoms with Gasteiger partial charge in [0.2, 0.25) is 5.91 Å². The van der Waals surface area contributed by atoms with Crippen LogP contribution in [-0.2, 0) is 22.4 Å². The molecule has 0 bridgehead atoms. The Bertz CT molecular complexity index is 1000. The number of carbonyl (C=O) groups excluding carboxylic acids is 1. The molecule has 2 aromatic carbocycles. The number of anilines is 1. The van der Waals surface area contributed by atoms with Crippen LogP contribution in [0.15, 0.2) is 36.4 Å². The second-order valence-corrected chi connectivity index (χ2v) is 7.57. The van der Waals surface area contributed by atoms with Crippen LogP contribution in [0.4, 0.5) is 5.69 Å². The number of hydrogen-bond donors (Lipinski definition) is 4. The highest BCUT2D eigenvalue weighted by Gasteiger charge is 2.33. The summed E-state index contributed by atoms with van der Waals surface area (Å²) >= 11 is 12.4. The van der Waals surface area contributed by atoms with Gasteiger partial charge in [-0.25, -0.2) is 4.79 Å². The Balaban J connectivity index is 0.00000320. The molecule has 1 heterocycles. The highest BCUT2D eigenvalue weighted by atomic mass is 35.5. The molecule has 0 aliphatic carbocycles. The largest absolute Gasteiger partial charge is 0.480 e. The molecule has 3 rings (SSSR count). The second-order valence-electron chi connectivity index (χ2n) is 6.73. The molecule has 2 atom stereocenters. The van der Waals surface area contributed by atoms with Crippen molar-refractivity contribution in [2.45, 2.75) is 31.3 Å². The van der Waals surface area contributed by atoms with E-state index in [2.05, 4.69) is 22.6 Å². The number of hydrogen-bond acceptors (Lipinski definition) is 4. The first-order chi connectivity index (χ1) is 13.9. The quantitative estimate of drug-likeness (QED) is 0.397. The average Bonchev–Trinajstić information content (AvgIpc) is 2.66. The van der Waals surface area contributed by atoms with Gasteiger partial charge >= 0.3 is 5.97 Å². The molecule has 0 saturated carbocycles. The van der Waals surface area contributed by atoms with Gasteiger partial charge in [0, 0.05) is 40.2 Å². The first-order valence-corrected chi connectivity index (χ1v) is 9.67. The van der Waals surface area contributed by atoms with Crippen LogP contribution in [0.3, 0.4) is 0 Å². The van der Waals surface area contributed by atoms with E-state index in [1.807, 2.05) is 24.3 Å². The average molecular weight is 469 g/mol. The highest BCUT2D eigenvalue weighted by molar-refractivity contribution is 6.35. The standard InChI is InChI=1S/C21H19Cl2N3O3.ClH/c22-14-9-15(23)20-16(10-14)25-18(21(28)29)11-17(20)26-19(27)8-13-5-3-12(4-6-13)2-1-7-24;/h3-6,9-10,17-18,25H,2,8,11,24H2,(H,26,27)(H,28,29);1H/t17-,18+;/m0./s1. The molecule has 5 N–H and O–H groups in total. The first kappa shape index (κ1) is 23.7. The van der Waals surface area contributed by atoms with Crippen LogP contribution in [0, 0.1) is 12.0 Å². The van der Waals surface area contributed by atoms with Crippen molar-refractivity contribution in [1.29, 1.82) is 0 Å². The number of carboxylic acid groups (broad SMARTS) is 1. The number of rotatable bonds is 5. The van der Waals surface area contributed by atoms with Crippen LogP contribution in [0.2, 0.25) is 10.0 Å². The number of halogens is 3. The van der Waals surface area contributed by atoms with E-state index < -0.39 is 18.1 Å². The van der Waals surface area contributed by atoms with Crippen LogP contribution < -0.4 is 16.4 Å². The Kier molecular flexibility index (Phi) is 8.24. The molecule has 6 nitrogen and oxygen atoms in total. The third-order valence-electron chi connectivity index (χ3n) is 4.66. The number of benzene rings is 2. The monoisotopic (exact) mass is 467 g/mol. The summed E-state index contributed by atoms with van der Waals surface area (Å²) in [5, 5.41) is 16.0. The molecule has 9 heteroatoms. The van der Waals surface area contributed by atoms with Gasteiger partial charge in [0.15, 0.2) is 0 Å². The van der Waals surface area contributed by atoms with Crippen LogP contribution >= 0.6 is 35.6 Å². The van der Waals surface area contributed by atoms with Crippen molar-refractivity contribution in [2.24, 2.45) is 5.73 Å². The highest BCUT2D eigenvalue weighted by Crippen LogP contribution is 2.39. The number of aliphatic carboxylic acids is 1. The zero-order valence-electron chi connectivity index (χ0n) is 15.7. The Labute approximate surface area is 190 Å². The Hall–Kier alpha value is -2.59. The van der Waals surface area contributed by atoms with E-state index >= 15 is 0 Å². The van der Waals surface area contributed by atoms with Gasteiger partial charge in [0.05, 0.1) is 12.5 Å². The minimum absolute atomic E-state index is 0. The maximum Gasteiger partial charge on any atom is 0.326 e. The summed E-state index contributed by atoms with van der Waals surface area (Å²) < 4.78 is 0. The van der Waals surface area contributed by atoms with E-state index in [1.54, 1.807) is 12.1 Å². The van der Waals surface area contributed by atoms with Gasteiger partial charge in [-0.05, 0) is 23.3 Å². The molecule has 1 amide bonds. The normalized spacial score (nSPS) is 16.7. The summed E-state index contributed by atoms with van der Waals surface area (Å²) in [6.45, 7) is 0. The van der Waals surface area contributed by atoms with Gasteiger partial charge in [-0.3, -0.25) is 4.79 Å². The molecule has 30 heavy (non-hydrogen) atoms.